The summed E-state index contributed by atoms with van der Waals surface area (Å²) in [7, 11) is 0. The fourth-order valence-electron chi connectivity index (χ4n) is 4.92. The SMILES string of the molecule is Cc1cc(C(=O)O)c(O)c([N+](=O)[O-])c1.Cc1cc(C(=O)O)c(O)c([N+](=O)[O-])c1.Cc1ccc(C(=O)O)cc1.O=C(O)c1ccc(O)c([N+](=O)[O-])c1.O=C(O)c1cccc(O)c1.O=C(O)c1ccccc1O. The van der Waals surface area contributed by atoms with Crippen LogP contribution in [0.4, 0.5) is 17.1 Å². The van der Waals surface area contributed by atoms with Crippen LogP contribution in [0.15, 0.2) is 115 Å². The predicted octanol–water partition coefficient (Wildman–Crippen LogP) is 7.49. The normalized spacial score (nSPS) is 9.51. The Balaban J connectivity index is 0.000000429. The van der Waals surface area contributed by atoms with Crippen molar-refractivity contribution in [2.45, 2.75) is 20.8 Å². The summed E-state index contributed by atoms with van der Waals surface area (Å²) in [5.41, 5.74) is -0.695. The lowest BCUT2D eigenvalue weighted by Crippen LogP contribution is -2.00. The number of nitro benzene ring substituents is 3. The number of phenols is 5. The Hall–Kier alpha value is -10.7. The second kappa shape index (κ2) is 27.1. The third-order valence-corrected chi connectivity index (χ3v) is 8.27. The second-order valence-electron chi connectivity index (χ2n) is 13.6. The van der Waals surface area contributed by atoms with E-state index in [-0.39, 0.29) is 28.2 Å². The van der Waals surface area contributed by atoms with E-state index in [4.69, 9.17) is 46.0 Å². The molecule has 0 heterocycles. The van der Waals surface area contributed by atoms with E-state index < -0.39 is 96.0 Å². The number of aryl methyl sites for hydroxylation is 3. The lowest BCUT2D eigenvalue weighted by atomic mass is 10.1. The van der Waals surface area contributed by atoms with Gasteiger partial charge in [-0.2, -0.15) is 0 Å². The molecule has 0 aliphatic rings. The smallest absolute Gasteiger partial charge is 0.339 e. The van der Waals surface area contributed by atoms with Crippen molar-refractivity contribution in [3.63, 3.8) is 0 Å². The number of nitro groups is 3. The Morgan fingerprint density at radius 1 is 0.366 bits per heavy atom. The van der Waals surface area contributed by atoms with Gasteiger partial charge in [-0.1, -0.05) is 35.9 Å². The average Bonchev–Trinajstić information content (AvgIpc) is 3.28. The van der Waals surface area contributed by atoms with Gasteiger partial charge in [-0.05, 0) is 98.6 Å². The highest BCUT2D eigenvalue weighted by Crippen LogP contribution is 2.32. The van der Waals surface area contributed by atoms with Crippen LogP contribution in [0.5, 0.6) is 28.7 Å². The molecule has 0 unspecified atom stereocenters. The minimum Gasteiger partial charge on any atom is -0.508 e. The van der Waals surface area contributed by atoms with Crippen LogP contribution in [-0.4, -0.2) is 107 Å². The molecule has 0 amide bonds. The maximum absolute atomic E-state index is 10.6. The summed E-state index contributed by atoms with van der Waals surface area (Å²) in [5, 5.41) is 127. The first-order valence-electron chi connectivity index (χ1n) is 19.0. The zero-order valence-electron chi connectivity index (χ0n) is 36.6. The number of carboxylic acids is 6. The number of nitrogens with zero attached hydrogens (tertiary/aromatic N) is 3. The fourth-order valence-corrected chi connectivity index (χ4v) is 4.92. The van der Waals surface area contributed by atoms with Crippen LogP contribution in [0.1, 0.15) is 78.8 Å². The van der Waals surface area contributed by atoms with Gasteiger partial charge in [0.25, 0.3) is 0 Å². The van der Waals surface area contributed by atoms with Crippen molar-refractivity contribution < 1.29 is 99.7 Å². The molecule has 0 saturated carbocycles. The van der Waals surface area contributed by atoms with Crippen LogP contribution < -0.4 is 0 Å². The summed E-state index contributed by atoms with van der Waals surface area (Å²) in [4.78, 5) is 90.9. The quantitative estimate of drug-likeness (QED) is 0.0493. The van der Waals surface area contributed by atoms with Gasteiger partial charge in [-0.15, -0.1) is 0 Å². The Labute approximate surface area is 397 Å². The fraction of sp³-hybridized carbons (Fsp3) is 0.0667. The molecule has 0 spiro atoms. The summed E-state index contributed by atoms with van der Waals surface area (Å²) < 4.78 is 0. The van der Waals surface area contributed by atoms with Gasteiger partial charge >= 0.3 is 52.9 Å². The molecule has 0 radical (unpaired) electrons. The highest BCUT2D eigenvalue weighted by molar-refractivity contribution is 5.94. The van der Waals surface area contributed by atoms with E-state index in [2.05, 4.69) is 0 Å². The number of benzene rings is 6. The highest BCUT2D eigenvalue weighted by Gasteiger charge is 2.23. The van der Waals surface area contributed by atoms with Gasteiger partial charge < -0.3 is 56.2 Å². The van der Waals surface area contributed by atoms with E-state index in [9.17, 15) is 69.3 Å². The number of aromatic hydroxyl groups is 5. The van der Waals surface area contributed by atoms with Crippen molar-refractivity contribution >= 4 is 52.9 Å². The lowest BCUT2D eigenvalue weighted by molar-refractivity contribution is -0.386. The van der Waals surface area contributed by atoms with Gasteiger partial charge in [-0.25, -0.2) is 28.8 Å². The van der Waals surface area contributed by atoms with E-state index in [1.165, 1.54) is 62.4 Å². The Morgan fingerprint density at radius 3 is 1.10 bits per heavy atom. The second-order valence-corrected chi connectivity index (χ2v) is 13.6. The molecular weight excluding hydrogens is 950 g/mol. The van der Waals surface area contributed by atoms with Gasteiger partial charge in [-0.3, -0.25) is 30.3 Å². The average molecular weight is 990 g/mol. The van der Waals surface area contributed by atoms with Gasteiger partial charge in [0.05, 0.1) is 31.5 Å². The maximum Gasteiger partial charge on any atom is 0.339 e. The molecule has 6 aromatic carbocycles. The van der Waals surface area contributed by atoms with E-state index in [0.29, 0.717) is 16.7 Å². The van der Waals surface area contributed by atoms with E-state index >= 15 is 0 Å². The first-order valence-corrected chi connectivity index (χ1v) is 19.0. The topological polar surface area (TPSA) is 454 Å². The van der Waals surface area contributed by atoms with E-state index in [1.54, 1.807) is 36.4 Å². The molecule has 0 fully saturated rings. The minimum absolute atomic E-state index is 0.0279. The molecule has 71 heavy (non-hydrogen) atoms. The molecule has 26 heteroatoms. The zero-order chi connectivity index (χ0) is 54.4. The van der Waals surface area contributed by atoms with Gasteiger partial charge in [0, 0.05) is 18.2 Å². The molecule has 0 aliphatic carbocycles. The van der Waals surface area contributed by atoms with E-state index in [0.717, 1.165) is 35.9 Å². The summed E-state index contributed by atoms with van der Waals surface area (Å²) in [5.74, 6) is -9.48. The molecule has 6 aromatic rings. The third kappa shape index (κ3) is 19.0. The summed E-state index contributed by atoms with van der Waals surface area (Å²) >= 11 is 0. The molecule has 6 rings (SSSR count). The monoisotopic (exact) mass is 989 g/mol. The number of rotatable bonds is 9. The van der Waals surface area contributed by atoms with Crippen LogP contribution in [0, 0.1) is 51.1 Å². The molecular formula is C45H39N3O23. The van der Waals surface area contributed by atoms with Crippen molar-refractivity contribution in [1.29, 1.82) is 0 Å². The molecule has 26 nitrogen and oxygen atoms in total. The van der Waals surface area contributed by atoms with Crippen LogP contribution >= 0.6 is 0 Å². The number of aromatic carboxylic acids is 6. The minimum atomic E-state index is -1.39. The Kier molecular flexibility index (Phi) is 22.3. The van der Waals surface area contributed by atoms with Crippen LogP contribution in [0.25, 0.3) is 0 Å². The molecule has 372 valence electrons. The van der Waals surface area contributed by atoms with Crippen LogP contribution in [0.3, 0.4) is 0 Å². The molecule has 0 aromatic heterocycles. The Morgan fingerprint density at radius 2 is 0.761 bits per heavy atom. The summed E-state index contributed by atoms with van der Waals surface area (Å²) in [6.07, 6.45) is 0. The van der Waals surface area contributed by atoms with Gasteiger partial charge in [0.1, 0.15) is 28.2 Å². The summed E-state index contributed by atoms with van der Waals surface area (Å²) in [6.45, 7) is 4.95. The molecule has 0 bridgehead atoms. The zero-order valence-corrected chi connectivity index (χ0v) is 36.6. The van der Waals surface area contributed by atoms with Crippen LogP contribution in [-0.2, 0) is 0 Å². The van der Waals surface area contributed by atoms with E-state index in [1.807, 2.05) is 6.92 Å². The van der Waals surface area contributed by atoms with Crippen molar-refractivity contribution in [2.24, 2.45) is 0 Å². The first-order chi connectivity index (χ1) is 33.0. The van der Waals surface area contributed by atoms with Crippen molar-refractivity contribution in [1.82, 2.24) is 0 Å². The van der Waals surface area contributed by atoms with Crippen LogP contribution in [0.2, 0.25) is 0 Å². The lowest BCUT2D eigenvalue weighted by Gasteiger charge is -2.01. The maximum atomic E-state index is 10.6. The predicted molar refractivity (Wildman–Crippen MR) is 243 cm³/mol. The van der Waals surface area contributed by atoms with Crippen molar-refractivity contribution in [3.05, 3.63) is 196 Å². The Bertz CT molecular complexity index is 2820. The highest BCUT2D eigenvalue weighted by atomic mass is 16.6. The number of hydrogen-bond acceptors (Lipinski definition) is 17. The number of para-hydroxylation sites is 1. The molecule has 0 aliphatic heterocycles. The summed E-state index contributed by atoms with van der Waals surface area (Å²) in [6, 6.07) is 25.5. The number of carbonyl (C=O) groups is 6. The van der Waals surface area contributed by atoms with Gasteiger partial charge in [0.2, 0.25) is 11.5 Å². The third-order valence-electron chi connectivity index (χ3n) is 8.27. The molecule has 0 atom stereocenters. The molecule has 11 N–H and O–H groups in total. The van der Waals surface area contributed by atoms with Crippen molar-refractivity contribution in [2.75, 3.05) is 0 Å². The first kappa shape index (κ1) is 58.4. The standard InChI is InChI=1S/2C8H7NO5.C8H8O2.C7H5NO5.2C7H6O3/c2*1-4-2-5(8(11)12)7(10)6(3-4)9(13)14;1-6-2-4-7(5-3-6)8(9)10;9-6-2-1-4(7(10)11)3-5(6)8(12)13;8-6-3-1-2-5(4-6)7(9)10;8-6-4-2-1-3-5(6)7(9)10/h2*2-3,10H,1H3,(H,11,12);2-5H,1H3,(H,9,10);1-3,9H,(H,10,11);2*1-4,8H,(H,9,10). The number of carboxylic acid groups (broad SMARTS) is 6. The number of hydrogen-bond donors (Lipinski definition) is 11. The number of phenolic OH excluding ortho intramolecular Hbond substituents is 2. The van der Waals surface area contributed by atoms with Gasteiger partial charge in [0.15, 0.2) is 5.75 Å². The largest absolute Gasteiger partial charge is 0.508 e. The van der Waals surface area contributed by atoms with Crippen molar-refractivity contribution in [3.8, 4) is 28.7 Å². The molecule has 0 saturated heterocycles.